The first-order valence-electron chi connectivity index (χ1n) is 7.67. The summed E-state index contributed by atoms with van der Waals surface area (Å²) in [6.45, 7) is 11.2. The van der Waals surface area contributed by atoms with E-state index in [-0.39, 0.29) is 5.78 Å². The van der Waals surface area contributed by atoms with Crippen molar-refractivity contribution in [3.05, 3.63) is 53.1 Å². The van der Waals surface area contributed by atoms with Crippen molar-refractivity contribution >= 4 is 11.4 Å². The van der Waals surface area contributed by atoms with E-state index < -0.39 is 0 Å². The van der Waals surface area contributed by atoms with E-state index in [1.54, 1.807) is 27.2 Å². The zero-order valence-corrected chi connectivity index (χ0v) is 14.9. The molecule has 0 aliphatic heterocycles. The normalized spacial score (nSPS) is 12.5. The van der Waals surface area contributed by atoms with E-state index >= 15 is 0 Å². The lowest BCUT2D eigenvalue weighted by molar-refractivity contribution is -0.113. The Labute approximate surface area is 139 Å². The molecular formula is C20H26O3. The molecule has 0 amide bonds. The Morgan fingerprint density at radius 2 is 1.61 bits per heavy atom. The number of hydrogen-bond donors (Lipinski definition) is 0. The van der Waals surface area contributed by atoms with Crippen molar-refractivity contribution in [2.24, 2.45) is 0 Å². The van der Waals surface area contributed by atoms with Crippen LogP contribution in [0.2, 0.25) is 0 Å². The van der Waals surface area contributed by atoms with Gasteiger partial charge in [0.2, 0.25) is 0 Å². The molecule has 0 radical (unpaired) electrons. The predicted molar refractivity (Wildman–Crippen MR) is 96.2 cm³/mol. The van der Waals surface area contributed by atoms with E-state index in [9.17, 15) is 4.79 Å². The summed E-state index contributed by atoms with van der Waals surface area (Å²) < 4.78 is 11.0. The van der Waals surface area contributed by atoms with Gasteiger partial charge in [-0.15, -0.1) is 0 Å². The van der Waals surface area contributed by atoms with Gasteiger partial charge in [0.05, 0.1) is 14.2 Å². The first kappa shape index (κ1) is 18.8. The highest BCUT2D eigenvalue weighted by molar-refractivity contribution is 5.98. The van der Waals surface area contributed by atoms with Gasteiger partial charge in [0.25, 0.3) is 0 Å². The first-order chi connectivity index (χ1) is 10.9. The van der Waals surface area contributed by atoms with Gasteiger partial charge >= 0.3 is 0 Å². The minimum atomic E-state index is 0.0570. The molecule has 0 aromatic heterocycles. The molecule has 0 bridgehead atoms. The van der Waals surface area contributed by atoms with Crippen molar-refractivity contribution in [2.45, 2.75) is 34.1 Å². The number of ether oxygens (including phenoxy) is 2. The monoisotopic (exact) mass is 314 g/mol. The van der Waals surface area contributed by atoms with Crippen molar-refractivity contribution in [1.29, 1.82) is 0 Å². The van der Waals surface area contributed by atoms with E-state index in [1.807, 2.05) is 32.1 Å². The number of methoxy groups -OCH3 is 2. The number of ketones is 1. The van der Waals surface area contributed by atoms with Crippen molar-refractivity contribution in [3.8, 4) is 11.5 Å². The molecule has 0 atom stereocenters. The molecule has 0 fully saturated rings. The molecule has 3 heteroatoms. The Hall–Kier alpha value is -2.29. The van der Waals surface area contributed by atoms with Gasteiger partial charge in [-0.05, 0) is 61.6 Å². The van der Waals surface area contributed by atoms with Crippen molar-refractivity contribution in [3.63, 3.8) is 0 Å². The van der Waals surface area contributed by atoms with Crippen molar-refractivity contribution in [2.75, 3.05) is 14.2 Å². The fourth-order valence-corrected chi connectivity index (χ4v) is 2.51. The quantitative estimate of drug-likeness (QED) is 0.537. The molecule has 0 aliphatic rings. The fourth-order valence-electron chi connectivity index (χ4n) is 2.51. The maximum Gasteiger partial charge on any atom is 0.155 e. The minimum Gasteiger partial charge on any atom is -0.496 e. The molecule has 0 unspecified atom stereocenters. The van der Waals surface area contributed by atoms with E-state index in [4.69, 9.17) is 9.47 Å². The van der Waals surface area contributed by atoms with Gasteiger partial charge in [-0.2, -0.15) is 0 Å². The summed E-state index contributed by atoms with van der Waals surface area (Å²) in [6.07, 6.45) is 4.44. The third kappa shape index (κ3) is 4.13. The van der Waals surface area contributed by atoms with Gasteiger partial charge < -0.3 is 9.47 Å². The topological polar surface area (TPSA) is 35.5 Å². The third-order valence-corrected chi connectivity index (χ3v) is 4.05. The molecule has 0 saturated heterocycles. The molecule has 23 heavy (non-hydrogen) atoms. The zero-order valence-electron chi connectivity index (χ0n) is 14.9. The van der Waals surface area contributed by atoms with Crippen molar-refractivity contribution in [1.82, 2.24) is 0 Å². The highest BCUT2D eigenvalue weighted by atomic mass is 16.5. The molecule has 124 valence electrons. The molecule has 1 rings (SSSR count). The maximum absolute atomic E-state index is 11.7. The van der Waals surface area contributed by atoms with Gasteiger partial charge in [-0.1, -0.05) is 25.7 Å². The average molecular weight is 314 g/mol. The number of carbonyl (C=O) groups excluding carboxylic acids is 1. The number of rotatable bonds is 7. The predicted octanol–water partition coefficient (Wildman–Crippen LogP) is 4.76. The molecule has 1 aromatic carbocycles. The zero-order chi connectivity index (χ0) is 17.6. The van der Waals surface area contributed by atoms with Crippen LogP contribution in [-0.2, 0) is 11.2 Å². The SMILES string of the molecule is C=C/C=C(\C(C)=C(\C)C(C)=O)c1cc(OC)c(CC)c(OC)c1. The first-order valence-corrected chi connectivity index (χ1v) is 7.67. The lowest BCUT2D eigenvalue weighted by atomic mass is 9.92. The fraction of sp³-hybridized carbons (Fsp3) is 0.350. The second kappa shape index (κ2) is 8.37. The van der Waals surface area contributed by atoms with Crippen LogP contribution in [-0.4, -0.2) is 20.0 Å². The van der Waals surface area contributed by atoms with Crippen LogP contribution >= 0.6 is 0 Å². The molecule has 0 saturated carbocycles. The van der Waals surface area contributed by atoms with Crippen LogP contribution in [0, 0.1) is 0 Å². The number of hydrogen-bond acceptors (Lipinski definition) is 3. The summed E-state index contributed by atoms with van der Waals surface area (Å²) in [5.74, 6) is 1.62. The van der Waals surface area contributed by atoms with Crippen LogP contribution in [0.1, 0.15) is 38.8 Å². The maximum atomic E-state index is 11.7. The van der Waals surface area contributed by atoms with Gasteiger partial charge in [0, 0.05) is 5.56 Å². The van der Waals surface area contributed by atoms with E-state index in [1.165, 1.54) is 0 Å². The van der Waals surface area contributed by atoms with E-state index in [0.29, 0.717) is 0 Å². The smallest absolute Gasteiger partial charge is 0.155 e. The second-order valence-electron chi connectivity index (χ2n) is 5.34. The summed E-state index contributed by atoms with van der Waals surface area (Å²) in [6, 6.07) is 3.96. The summed E-state index contributed by atoms with van der Waals surface area (Å²) >= 11 is 0. The Balaban J connectivity index is 3.63. The molecule has 0 heterocycles. The van der Waals surface area contributed by atoms with Crippen LogP contribution in [0.25, 0.3) is 5.57 Å². The summed E-state index contributed by atoms with van der Waals surface area (Å²) in [5, 5.41) is 0. The van der Waals surface area contributed by atoms with Crippen LogP contribution in [0.3, 0.4) is 0 Å². The number of Topliss-reactive ketones (excluding diaryl/α,β-unsaturated/α-hetero) is 1. The Morgan fingerprint density at radius 3 is 1.96 bits per heavy atom. The molecular weight excluding hydrogens is 288 g/mol. The minimum absolute atomic E-state index is 0.0570. The summed E-state index contributed by atoms with van der Waals surface area (Å²) in [4.78, 5) is 11.7. The van der Waals surface area contributed by atoms with E-state index in [0.717, 1.165) is 45.8 Å². The second-order valence-corrected chi connectivity index (χ2v) is 5.34. The Bertz CT molecular complexity index is 638. The largest absolute Gasteiger partial charge is 0.496 e. The molecule has 0 aliphatic carbocycles. The van der Waals surface area contributed by atoms with E-state index in [2.05, 4.69) is 13.5 Å². The third-order valence-electron chi connectivity index (χ3n) is 4.05. The van der Waals surface area contributed by atoms with Gasteiger partial charge in [-0.3, -0.25) is 4.79 Å². The lowest BCUT2D eigenvalue weighted by Crippen LogP contribution is -2.01. The van der Waals surface area contributed by atoms with Gasteiger partial charge in [0.15, 0.2) is 5.78 Å². The summed E-state index contributed by atoms with van der Waals surface area (Å²) in [7, 11) is 3.30. The van der Waals surface area contributed by atoms with Gasteiger partial charge in [-0.25, -0.2) is 0 Å². The van der Waals surface area contributed by atoms with Crippen LogP contribution in [0.15, 0.2) is 42.0 Å². The lowest BCUT2D eigenvalue weighted by Gasteiger charge is -2.17. The Kier molecular flexibility index (Phi) is 6.83. The van der Waals surface area contributed by atoms with Crippen molar-refractivity contribution < 1.29 is 14.3 Å². The van der Waals surface area contributed by atoms with Crippen LogP contribution in [0.4, 0.5) is 0 Å². The highest BCUT2D eigenvalue weighted by Gasteiger charge is 2.15. The molecule has 0 N–H and O–H groups in total. The molecule has 3 nitrogen and oxygen atoms in total. The summed E-state index contributed by atoms with van der Waals surface area (Å²) in [5.41, 5.74) is 4.56. The number of allylic oxidation sites excluding steroid dienone is 5. The average Bonchev–Trinajstić information content (AvgIpc) is 2.56. The Morgan fingerprint density at radius 1 is 1.09 bits per heavy atom. The highest BCUT2D eigenvalue weighted by Crippen LogP contribution is 2.36. The molecule has 0 spiro atoms. The molecule has 1 aromatic rings. The number of carbonyl (C=O) groups is 1. The van der Waals surface area contributed by atoms with Gasteiger partial charge in [0.1, 0.15) is 11.5 Å². The standard InChI is InChI=1S/C20H26O3/c1-8-10-18(14(4)13(3)15(5)21)16-11-19(22-6)17(9-2)20(12-16)23-7/h8,10-12H,1,9H2,2-7H3/b14-13-,18-10+. The number of benzene rings is 1. The van der Waals surface area contributed by atoms with Crippen LogP contribution < -0.4 is 9.47 Å². The van der Waals surface area contributed by atoms with Crippen LogP contribution in [0.5, 0.6) is 11.5 Å².